The van der Waals surface area contributed by atoms with Gasteiger partial charge >= 0.3 is 0 Å². The Balaban J connectivity index is 6.66. The van der Waals surface area contributed by atoms with Crippen LogP contribution < -0.4 is 0 Å². The van der Waals surface area contributed by atoms with Gasteiger partial charge in [0.25, 0.3) is 0 Å². The summed E-state index contributed by atoms with van der Waals surface area (Å²) in [5.41, 5.74) is 2.31. The molecule has 0 spiro atoms. The van der Waals surface area contributed by atoms with E-state index in [2.05, 4.69) is 191 Å². The zero-order valence-corrected chi connectivity index (χ0v) is 37.7. The van der Waals surface area contributed by atoms with Crippen molar-refractivity contribution in [3.8, 4) is 0 Å². The van der Waals surface area contributed by atoms with Crippen molar-refractivity contribution in [3.63, 3.8) is 0 Å². The van der Waals surface area contributed by atoms with Crippen LogP contribution in [0, 0.1) is 0 Å². The summed E-state index contributed by atoms with van der Waals surface area (Å²) in [6, 6.07) is 2.53. The summed E-state index contributed by atoms with van der Waals surface area (Å²) >= 11 is 0. The van der Waals surface area contributed by atoms with Gasteiger partial charge in [0.1, 0.15) is 0 Å². The standard InChI is InChI=1S/C27H74N8Si6/c1-23-40(22,30(8)9)34(36(14,15)28(4)5)38(18,19)32(12)26-27-33(13)39(20,21)35(37(16,17)29(6)7)41(24-2,25-3)31(10)11/h23H,1,24-27H2,2-22H3. The lowest BCUT2D eigenvalue weighted by Gasteiger charge is -2.62. The van der Waals surface area contributed by atoms with E-state index in [0.29, 0.717) is 0 Å². The summed E-state index contributed by atoms with van der Waals surface area (Å²) in [5, 5.41) is 0. The van der Waals surface area contributed by atoms with Gasteiger partial charge in [0, 0.05) is 13.1 Å². The Hall–Kier alpha value is 0.721. The highest BCUT2D eigenvalue weighted by Gasteiger charge is 2.57. The first-order valence-electron chi connectivity index (χ1n) is 15.6. The molecular weight excluding hydrogens is 605 g/mol. The van der Waals surface area contributed by atoms with Crippen LogP contribution in [0.2, 0.25) is 71.0 Å². The molecule has 0 aliphatic rings. The normalized spacial score (nSPS) is 16.4. The van der Waals surface area contributed by atoms with Crippen molar-refractivity contribution in [1.82, 2.24) is 35.2 Å². The fraction of sp³-hybridized carbons (Fsp3) is 0.926. The van der Waals surface area contributed by atoms with Crippen molar-refractivity contribution in [2.45, 2.75) is 84.9 Å². The zero-order valence-electron chi connectivity index (χ0n) is 31.7. The lowest BCUT2D eigenvalue weighted by molar-refractivity contribution is 0.379. The highest BCUT2D eigenvalue weighted by molar-refractivity contribution is 7.04. The molecule has 0 fully saturated rings. The van der Waals surface area contributed by atoms with Gasteiger partial charge in [-0.3, -0.25) is 0 Å². The molecule has 246 valence electrons. The maximum absolute atomic E-state index is 4.41. The zero-order chi connectivity index (χ0) is 33.2. The molecule has 0 aromatic heterocycles. The minimum atomic E-state index is -2.06. The quantitative estimate of drug-likeness (QED) is 0.191. The molecule has 0 bridgehead atoms. The molecule has 0 aromatic carbocycles. The van der Waals surface area contributed by atoms with Crippen molar-refractivity contribution in [2.75, 3.05) is 83.6 Å². The molecule has 8 nitrogen and oxygen atoms in total. The Morgan fingerprint density at radius 2 is 0.780 bits per heavy atom. The molecule has 1 atom stereocenters. The van der Waals surface area contributed by atoms with Crippen LogP contribution in [0.3, 0.4) is 0 Å². The van der Waals surface area contributed by atoms with Gasteiger partial charge in [-0.25, -0.2) is 0 Å². The van der Waals surface area contributed by atoms with Gasteiger partial charge in [-0.15, -0.1) is 6.58 Å². The van der Waals surface area contributed by atoms with Crippen LogP contribution >= 0.6 is 0 Å². The third kappa shape index (κ3) is 8.12. The molecular formula is C27H74N8Si6. The number of nitrogens with zero attached hydrogens (tertiary/aromatic N) is 8. The molecule has 14 heteroatoms. The predicted molar refractivity (Wildman–Crippen MR) is 202 cm³/mol. The summed E-state index contributed by atoms with van der Waals surface area (Å²) in [6.07, 6.45) is 0. The maximum Gasteiger partial charge on any atom is 0.216 e. The van der Waals surface area contributed by atoms with Crippen LogP contribution in [-0.4, -0.2) is 169 Å². The number of likely N-dealkylation sites (N-methyl/N-ethyl adjacent to an activating group) is 2. The second-order valence-corrected chi connectivity index (χ2v) is 43.5. The van der Waals surface area contributed by atoms with E-state index in [4.69, 9.17) is 0 Å². The first kappa shape index (κ1) is 41.7. The Morgan fingerprint density at radius 1 is 0.463 bits per heavy atom. The molecule has 0 radical (unpaired) electrons. The molecule has 0 amide bonds. The molecule has 0 saturated carbocycles. The van der Waals surface area contributed by atoms with E-state index in [0.717, 1.165) is 13.1 Å². The second kappa shape index (κ2) is 14.9. The molecule has 0 aliphatic heterocycles. The lowest BCUT2D eigenvalue weighted by Crippen LogP contribution is -2.84. The van der Waals surface area contributed by atoms with Gasteiger partial charge in [0.05, 0.1) is 0 Å². The summed E-state index contributed by atoms with van der Waals surface area (Å²) < 4.78 is 22.1. The average Bonchev–Trinajstić information content (AvgIpc) is 2.83. The van der Waals surface area contributed by atoms with Gasteiger partial charge in [0.15, 0.2) is 42.0 Å². The van der Waals surface area contributed by atoms with E-state index in [-0.39, 0.29) is 0 Å². The van der Waals surface area contributed by atoms with Crippen LogP contribution in [-0.2, 0) is 0 Å². The molecule has 1 unspecified atom stereocenters. The number of hydrogen-bond acceptors (Lipinski definition) is 8. The lowest BCUT2D eigenvalue weighted by atomic mass is 10.6. The Kier molecular flexibility index (Phi) is 15.1. The Morgan fingerprint density at radius 3 is 1.02 bits per heavy atom. The fourth-order valence-corrected chi connectivity index (χ4v) is 50.5. The minimum Gasteiger partial charge on any atom is -0.332 e. The molecule has 0 saturated heterocycles. The minimum absolute atomic E-state index is 1.09. The van der Waals surface area contributed by atoms with E-state index >= 15 is 0 Å². The highest BCUT2D eigenvalue weighted by atomic mass is 28.5. The van der Waals surface area contributed by atoms with Crippen molar-refractivity contribution in [2.24, 2.45) is 0 Å². The van der Waals surface area contributed by atoms with E-state index in [1.807, 2.05) is 0 Å². The van der Waals surface area contributed by atoms with Crippen LogP contribution in [0.4, 0.5) is 0 Å². The first-order valence-corrected chi connectivity index (χ1v) is 32.0. The predicted octanol–water partition coefficient (Wildman–Crippen LogP) is 4.79. The highest BCUT2D eigenvalue weighted by Crippen LogP contribution is 2.36. The smallest absolute Gasteiger partial charge is 0.216 e. The maximum atomic E-state index is 4.41. The Bertz CT molecular complexity index is 833. The number of rotatable bonds is 18. The van der Waals surface area contributed by atoms with E-state index in [1.165, 1.54) is 12.1 Å². The van der Waals surface area contributed by atoms with Crippen LogP contribution in [0.15, 0.2) is 12.3 Å². The largest absolute Gasteiger partial charge is 0.332 e. The van der Waals surface area contributed by atoms with Gasteiger partial charge < -0.3 is 35.2 Å². The first-order chi connectivity index (χ1) is 18.2. The number of hydrogen-bond donors (Lipinski definition) is 0. The second-order valence-electron chi connectivity index (χ2n) is 15.1. The molecule has 0 N–H and O–H groups in total. The van der Waals surface area contributed by atoms with Gasteiger partial charge in [-0.05, 0) is 141 Å². The van der Waals surface area contributed by atoms with Crippen molar-refractivity contribution < 1.29 is 0 Å². The SMILES string of the molecule is C=C[Si](C)(N(C)C)N([Si](C)(C)N(C)C)[Si](C)(C)N(C)CCN(C)[Si](C)(C)N([Si](C)(C)N(C)C)[Si](CC)(CC)N(C)C. The van der Waals surface area contributed by atoms with Crippen LogP contribution in [0.5, 0.6) is 0 Å². The van der Waals surface area contributed by atoms with E-state index < -0.39 is 50.4 Å². The molecule has 0 heterocycles. The van der Waals surface area contributed by atoms with Crippen molar-refractivity contribution in [1.29, 1.82) is 0 Å². The molecule has 0 rings (SSSR count). The van der Waals surface area contributed by atoms with Crippen molar-refractivity contribution in [3.05, 3.63) is 12.3 Å². The average molecular weight is 679 g/mol. The summed E-state index contributed by atoms with van der Waals surface area (Å²) in [4.78, 5) is 0. The van der Waals surface area contributed by atoms with E-state index in [1.54, 1.807) is 0 Å². The summed E-state index contributed by atoms with van der Waals surface area (Å²) in [7, 11) is 11.6. The van der Waals surface area contributed by atoms with Crippen LogP contribution in [0.25, 0.3) is 0 Å². The van der Waals surface area contributed by atoms with Gasteiger partial charge in [0.2, 0.25) is 8.40 Å². The third-order valence-electron chi connectivity index (χ3n) is 11.1. The van der Waals surface area contributed by atoms with Gasteiger partial charge in [-0.1, -0.05) is 19.5 Å². The Labute approximate surface area is 265 Å². The molecule has 0 aliphatic carbocycles. The summed E-state index contributed by atoms with van der Waals surface area (Å²) in [6.45, 7) is 34.6. The summed E-state index contributed by atoms with van der Waals surface area (Å²) in [5.74, 6) is 0. The van der Waals surface area contributed by atoms with E-state index in [9.17, 15) is 0 Å². The van der Waals surface area contributed by atoms with Crippen LogP contribution in [0.1, 0.15) is 13.8 Å². The fourth-order valence-electron chi connectivity index (χ4n) is 6.93. The molecule has 41 heavy (non-hydrogen) atoms. The third-order valence-corrected chi connectivity index (χ3v) is 50.7. The van der Waals surface area contributed by atoms with Crippen molar-refractivity contribution >= 4 is 50.4 Å². The topological polar surface area (TPSA) is 25.9 Å². The van der Waals surface area contributed by atoms with Gasteiger partial charge in [-0.2, -0.15) is 0 Å². The monoisotopic (exact) mass is 678 g/mol. The molecule has 0 aromatic rings.